The summed E-state index contributed by atoms with van der Waals surface area (Å²) in [5.41, 5.74) is 3.66. The first-order valence-electron chi connectivity index (χ1n) is 5.21. The molecule has 0 amide bonds. The molecule has 1 nitrogen and oxygen atoms in total. The third kappa shape index (κ3) is 2.12. The predicted octanol–water partition coefficient (Wildman–Crippen LogP) is 4.18. The van der Waals surface area contributed by atoms with Crippen LogP contribution in [0.5, 0.6) is 0 Å². The number of anilines is 1. The van der Waals surface area contributed by atoms with Gasteiger partial charge in [-0.3, -0.25) is 0 Å². The minimum absolute atomic E-state index is 1.14. The maximum atomic E-state index is 3.68. The van der Waals surface area contributed by atoms with E-state index in [1.807, 2.05) is 6.07 Å². The number of hydrogen-bond acceptors (Lipinski definition) is 1. The van der Waals surface area contributed by atoms with Crippen molar-refractivity contribution in [3.8, 4) is 11.1 Å². The fourth-order valence-corrected chi connectivity index (χ4v) is 2.55. The number of halogens is 1. The molecule has 0 aromatic heterocycles. The molecule has 2 aromatic rings. The van der Waals surface area contributed by atoms with E-state index in [1.54, 1.807) is 0 Å². The molecule has 2 heteroatoms. The number of benzene rings is 2. The fourth-order valence-electron chi connectivity index (χ4n) is 1.71. The van der Waals surface area contributed by atoms with Crippen molar-refractivity contribution in [2.45, 2.75) is 0 Å². The molecule has 0 atom stereocenters. The Bertz CT molecular complexity index is 477. The SMILES string of the molecule is CN(C)c1cccc(-c2ccccc2)c1Br. The molecule has 0 saturated heterocycles. The zero-order valence-corrected chi connectivity index (χ0v) is 11.0. The van der Waals surface area contributed by atoms with E-state index in [4.69, 9.17) is 0 Å². The molecule has 0 aliphatic carbocycles. The molecule has 0 N–H and O–H groups in total. The van der Waals surface area contributed by atoms with Gasteiger partial charge in [0.25, 0.3) is 0 Å². The monoisotopic (exact) mass is 275 g/mol. The molecule has 2 aromatic carbocycles. The van der Waals surface area contributed by atoms with Crippen LogP contribution in [-0.4, -0.2) is 14.1 Å². The lowest BCUT2D eigenvalue weighted by atomic mass is 10.1. The van der Waals surface area contributed by atoms with E-state index in [0.29, 0.717) is 0 Å². The summed E-state index contributed by atoms with van der Waals surface area (Å²) in [6.07, 6.45) is 0. The van der Waals surface area contributed by atoms with Crippen LogP contribution >= 0.6 is 15.9 Å². The van der Waals surface area contributed by atoms with Crippen molar-refractivity contribution in [3.63, 3.8) is 0 Å². The Balaban J connectivity index is 2.55. The molecule has 0 spiro atoms. The molecule has 0 radical (unpaired) electrons. The van der Waals surface area contributed by atoms with Gasteiger partial charge in [0.1, 0.15) is 0 Å². The predicted molar refractivity (Wildman–Crippen MR) is 73.9 cm³/mol. The van der Waals surface area contributed by atoms with E-state index in [0.717, 1.165) is 4.47 Å². The molecule has 0 heterocycles. The normalized spacial score (nSPS) is 10.2. The topological polar surface area (TPSA) is 3.24 Å². The van der Waals surface area contributed by atoms with Gasteiger partial charge in [-0.2, -0.15) is 0 Å². The minimum atomic E-state index is 1.14. The molecule has 0 aliphatic heterocycles. The van der Waals surface area contributed by atoms with Crippen LogP contribution < -0.4 is 4.90 Å². The second-order valence-electron chi connectivity index (χ2n) is 3.90. The second kappa shape index (κ2) is 4.71. The van der Waals surface area contributed by atoms with Crippen LogP contribution in [0.15, 0.2) is 53.0 Å². The first-order valence-corrected chi connectivity index (χ1v) is 6.00. The molecule has 82 valence electrons. The summed E-state index contributed by atoms with van der Waals surface area (Å²) in [4.78, 5) is 2.11. The van der Waals surface area contributed by atoms with E-state index in [2.05, 4.69) is 77.4 Å². The van der Waals surface area contributed by atoms with Gasteiger partial charge in [-0.15, -0.1) is 0 Å². The minimum Gasteiger partial charge on any atom is -0.377 e. The van der Waals surface area contributed by atoms with Gasteiger partial charge < -0.3 is 4.90 Å². The average Bonchev–Trinajstić information content (AvgIpc) is 2.30. The van der Waals surface area contributed by atoms with Gasteiger partial charge in [0.05, 0.1) is 5.69 Å². The first-order chi connectivity index (χ1) is 7.70. The second-order valence-corrected chi connectivity index (χ2v) is 4.69. The summed E-state index contributed by atoms with van der Waals surface area (Å²) in [6.45, 7) is 0. The molecule has 0 bridgehead atoms. The Morgan fingerprint density at radius 2 is 1.56 bits per heavy atom. The van der Waals surface area contributed by atoms with Gasteiger partial charge in [0.15, 0.2) is 0 Å². The van der Waals surface area contributed by atoms with Crippen molar-refractivity contribution < 1.29 is 0 Å². The van der Waals surface area contributed by atoms with Crippen LogP contribution in [0.3, 0.4) is 0 Å². The lowest BCUT2D eigenvalue weighted by Crippen LogP contribution is -2.09. The van der Waals surface area contributed by atoms with E-state index in [9.17, 15) is 0 Å². The van der Waals surface area contributed by atoms with Crippen LogP contribution in [0.1, 0.15) is 0 Å². The van der Waals surface area contributed by atoms with Crippen molar-refractivity contribution >= 4 is 21.6 Å². The van der Waals surface area contributed by atoms with Crippen molar-refractivity contribution in [2.75, 3.05) is 19.0 Å². The zero-order chi connectivity index (χ0) is 11.5. The Labute approximate surface area is 105 Å². The van der Waals surface area contributed by atoms with Crippen molar-refractivity contribution in [1.29, 1.82) is 0 Å². The lowest BCUT2D eigenvalue weighted by molar-refractivity contribution is 1.13. The fraction of sp³-hybridized carbons (Fsp3) is 0.143. The Kier molecular flexibility index (Phi) is 3.30. The van der Waals surface area contributed by atoms with Crippen LogP contribution in [0.25, 0.3) is 11.1 Å². The molecule has 0 aliphatic rings. The molecule has 2 rings (SSSR count). The molecule has 0 fully saturated rings. The van der Waals surface area contributed by atoms with Gasteiger partial charge in [-0.05, 0) is 33.1 Å². The Morgan fingerprint density at radius 1 is 0.875 bits per heavy atom. The van der Waals surface area contributed by atoms with Gasteiger partial charge in [0.2, 0.25) is 0 Å². The van der Waals surface area contributed by atoms with Gasteiger partial charge in [-0.1, -0.05) is 42.5 Å². The Morgan fingerprint density at radius 3 is 2.19 bits per heavy atom. The molecule has 16 heavy (non-hydrogen) atoms. The largest absolute Gasteiger partial charge is 0.377 e. The maximum Gasteiger partial charge on any atom is 0.0511 e. The van der Waals surface area contributed by atoms with Crippen LogP contribution in [0.4, 0.5) is 5.69 Å². The molecule has 0 unspecified atom stereocenters. The summed E-state index contributed by atoms with van der Waals surface area (Å²) in [6, 6.07) is 16.7. The smallest absolute Gasteiger partial charge is 0.0511 e. The summed E-state index contributed by atoms with van der Waals surface area (Å²) in [5, 5.41) is 0. The van der Waals surface area contributed by atoms with Crippen molar-refractivity contribution in [3.05, 3.63) is 53.0 Å². The molecular weight excluding hydrogens is 262 g/mol. The number of rotatable bonds is 2. The zero-order valence-electron chi connectivity index (χ0n) is 9.44. The summed E-state index contributed by atoms with van der Waals surface area (Å²) < 4.78 is 1.14. The highest BCUT2D eigenvalue weighted by atomic mass is 79.9. The first kappa shape index (κ1) is 11.2. The summed E-state index contributed by atoms with van der Waals surface area (Å²) in [7, 11) is 4.10. The van der Waals surface area contributed by atoms with Crippen LogP contribution in [0.2, 0.25) is 0 Å². The van der Waals surface area contributed by atoms with Crippen molar-refractivity contribution in [1.82, 2.24) is 0 Å². The van der Waals surface area contributed by atoms with Crippen LogP contribution in [0, 0.1) is 0 Å². The highest BCUT2D eigenvalue weighted by molar-refractivity contribution is 9.10. The quantitative estimate of drug-likeness (QED) is 0.795. The molecular formula is C14H14BrN. The highest BCUT2D eigenvalue weighted by Gasteiger charge is 2.08. The van der Waals surface area contributed by atoms with E-state index in [1.165, 1.54) is 16.8 Å². The van der Waals surface area contributed by atoms with Gasteiger partial charge in [-0.25, -0.2) is 0 Å². The third-order valence-electron chi connectivity index (χ3n) is 2.54. The van der Waals surface area contributed by atoms with E-state index in [-0.39, 0.29) is 0 Å². The maximum absolute atomic E-state index is 3.68. The summed E-state index contributed by atoms with van der Waals surface area (Å²) >= 11 is 3.68. The molecule has 0 saturated carbocycles. The average molecular weight is 276 g/mol. The van der Waals surface area contributed by atoms with Gasteiger partial charge >= 0.3 is 0 Å². The summed E-state index contributed by atoms with van der Waals surface area (Å²) in [5.74, 6) is 0. The van der Waals surface area contributed by atoms with Gasteiger partial charge in [0, 0.05) is 18.6 Å². The van der Waals surface area contributed by atoms with E-state index < -0.39 is 0 Å². The lowest BCUT2D eigenvalue weighted by Gasteiger charge is -2.17. The van der Waals surface area contributed by atoms with E-state index >= 15 is 0 Å². The Hall–Kier alpha value is -1.28. The number of nitrogens with zero attached hydrogens (tertiary/aromatic N) is 1. The van der Waals surface area contributed by atoms with Crippen molar-refractivity contribution in [2.24, 2.45) is 0 Å². The highest BCUT2D eigenvalue weighted by Crippen LogP contribution is 2.34. The number of hydrogen-bond donors (Lipinski definition) is 0. The third-order valence-corrected chi connectivity index (χ3v) is 3.38. The standard InChI is InChI=1S/C14H14BrN/c1-16(2)13-10-6-9-12(14(13)15)11-7-4-3-5-8-11/h3-10H,1-2H3. The van der Waals surface area contributed by atoms with Crippen LogP contribution in [-0.2, 0) is 0 Å².